The van der Waals surface area contributed by atoms with Crippen LogP contribution in [-0.4, -0.2) is 40.6 Å². The molecule has 3 heteroatoms. The number of nitrogens with one attached hydrogen (secondary N) is 1. The van der Waals surface area contributed by atoms with Crippen molar-refractivity contribution in [2.45, 2.75) is 36.3 Å². The monoisotopic (exact) mass is 239 g/mol. The zero-order valence-corrected chi connectivity index (χ0v) is 7.66. The van der Waals surface area contributed by atoms with Crippen molar-refractivity contribution < 1.29 is 29.5 Å². The number of piperidine rings is 1. The third-order valence-electron chi connectivity index (χ3n) is 1.97. The zero-order valence-electron chi connectivity index (χ0n) is 28.8. The van der Waals surface area contributed by atoms with Gasteiger partial charge in [-0.25, -0.2) is 0 Å². The van der Waals surface area contributed by atoms with E-state index in [1.54, 1.807) is 0 Å². The van der Waals surface area contributed by atoms with Gasteiger partial charge in [-0.2, -0.15) is 0 Å². The van der Waals surface area contributed by atoms with Crippen molar-refractivity contribution in [3.63, 3.8) is 0 Å². The third kappa shape index (κ3) is 1.41. The topological polar surface area (TPSA) is 21.3 Å². The van der Waals surface area contributed by atoms with Crippen LogP contribution < -0.4 is 5.31 Å². The molecule has 3 heterocycles. The van der Waals surface area contributed by atoms with Crippen LogP contribution in [0.25, 0.3) is 0 Å². The number of hydrogen-bond acceptors (Lipinski definition) is 2. The molecule has 14 heavy (non-hydrogen) atoms. The van der Waals surface area contributed by atoms with Crippen molar-refractivity contribution in [1.29, 1.82) is 4.50 Å². The first-order chi connectivity index (χ1) is 15.0. The average molecular weight is 240 g/mol. The van der Waals surface area contributed by atoms with E-state index in [9.17, 15) is 0 Å². The first kappa shape index (κ1) is 1.72. The van der Waals surface area contributed by atoms with Gasteiger partial charge in [-0.3, -0.25) is 0 Å². The van der Waals surface area contributed by atoms with E-state index in [0.717, 1.165) is 0 Å². The van der Waals surface area contributed by atoms with Crippen molar-refractivity contribution in [3.05, 3.63) is 0 Å². The lowest BCUT2D eigenvalue weighted by molar-refractivity contribution is -0.130. The Morgan fingerprint density at radius 1 is 1.57 bits per heavy atom. The minimum absolute atomic E-state index is 0.859. The standard InChI is InChI=1S/C11H23NOS/c1-7-13-11(3-5-12-6-4-11)9-2-8-14-10(1)9/h9-10,12H,1-8H2,14H4/i1D2,2D2,3D2,4D2,5D2,6D2,7D2,8D2,9D,14D4/hD. The molecule has 2 atom stereocenters. The summed E-state index contributed by atoms with van der Waals surface area (Å²) >= 11 is -8.25. The van der Waals surface area contributed by atoms with E-state index in [2.05, 4.69) is 0 Å². The fourth-order valence-electron chi connectivity index (χ4n) is 1.31. The Bertz CT molecular complexity index is 999. The lowest BCUT2D eigenvalue weighted by Gasteiger charge is -2.48. The van der Waals surface area contributed by atoms with E-state index in [-0.39, 0.29) is 0 Å². The van der Waals surface area contributed by atoms with Gasteiger partial charge in [-0.1, -0.05) is 0 Å². The Kier molecular flexibility index (Phi) is 0.452. The molecule has 3 fully saturated rings. The molecule has 1 N–H and O–H groups in total. The molecule has 0 aromatic rings. The van der Waals surface area contributed by atoms with Crippen LogP contribution in [0.15, 0.2) is 0 Å². The highest BCUT2D eigenvalue weighted by atomic mass is 32.2. The molecular weight excluding hydrogens is 194 g/mol. The SMILES string of the molecule is [2H]N1C([2H])([2H])C([2H])([2H])C2(OC([2H])([2H])C([2H])([2H])C3C2([2H])C([2H])([2H])C([2H])([2H])S3([2H])([2H])([2H])[2H])C([2H])([2H])C1([2H])[2H]. The fraction of sp³-hybridized carbons (Fsp3) is 1.00. The van der Waals surface area contributed by atoms with Gasteiger partial charge in [-0.15, -0.1) is 0 Å². The van der Waals surface area contributed by atoms with E-state index in [1.807, 2.05) is 0 Å². The molecule has 3 rings (SSSR count). The van der Waals surface area contributed by atoms with Crippen molar-refractivity contribution in [2.75, 3.05) is 25.3 Å². The second-order valence-corrected chi connectivity index (χ2v) is 3.66. The van der Waals surface area contributed by atoms with Crippen LogP contribution in [0, 0.1) is 5.89 Å². The molecule has 3 saturated heterocycles. The van der Waals surface area contributed by atoms with E-state index in [1.165, 1.54) is 0 Å². The largest absolute Gasteiger partial charge is 0.375 e. The Balaban J connectivity index is 2.78. The van der Waals surface area contributed by atoms with Gasteiger partial charge in [-0.05, 0) is 55.3 Å². The fourth-order valence-corrected chi connectivity index (χ4v) is 2.05. The Labute approximate surface area is 120 Å². The van der Waals surface area contributed by atoms with Gasteiger partial charge in [0.25, 0.3) is 0 Å². The summed E-state index contributed by atoms with van der Waals surface area (Å²) in [7, 11) is 0. The van der Waals surface area contributed by atoms with E-state index in [0.29, 0.717) is 0 Å². The molecule has 0 aromatic carbocycles. The lowest BCUT2D eigenvalue weighted by Crippen LogP contribution is -2.54. The first-order valence-electron chi connectivity index (χ1n) is 14.5. The maximum Gasteiger partial charge on any atom is 0.122 e. The zero-order chi connectivity index (χ0) is 29.3. The molecule has 0 aromatic heterocycles. The minimum atomic E-state index is -8.25. The second kappa shape index (κ2) is 3.69. The number of fused-ring (bicyclic) bond motifs is 2. The summed E-state index contributed by atoms with van der Waals surface area (Å²) in [5.74, 6) is -4.57. The van der Waals surface area contributed by atoms with Crippen LogP contribution in [0.5, 0.6) is 0 Å². The molecule has 0 amide bonds. The van der Waals surface area contributed by atoms with Crippen LogP contribution in [0.3, 0.4) is 0 Å². The van der Waals surface area contributed by atoms with Gasteiger partial charge < -0.3 is 21.4 Å². The summed E-state index contributed by atoms with van der Waals surface area (Å²) in [6.07, 6.45) is -17.6. The Hall–Kier alpha value is 0.270. The van der Waals surface area contributed by atoms with Gasteiger partial charge in [0.05, 0.1) is 12.8 Å². The Morgan fingerprint density at radius 2 is 2.43 bits per heavy atom. The number of ether oxygens (including phenoxy) is 1. The highest BCUT2D eigenvalue weighted by molar-refractivity contribution is 8.00. The maximum absolute atomic E-state index is 9.02. The van der Waals surface area contributed by atoms with Gasteiger partial charge in [0.2, 0.25) is 0 Å². The summed E-state index contributed by atoms with van der Waals surface area (Å²) in [5, 5.41) is -4.70. The van der Waals surface area contributed by atoms with E-state index in [4.69, 9.17) is 33.9 Å². The predicted octanol–water partition coefficient (Wildman–Crippen LogP) is 0.580. The summed E-state index contributed by atoms with van der Waals surface area (Å²) in [6, 6.07) is 0. The molecule has 2 unspecified atom stereocenters. The van der Waals surface area contributed by atoms with Gasteiger partial charge in [0, 0.05) is 27.1 Å². The molecule has 0 aliphatic carbocycles. The summed E-state index contributed by atoms with van der Waals surface area (Å²) < 4.78 is 187. The summed E-state index contributed by atoms with van der Waals surface area (Å²) in [5.41, 5.74) is -9.24. The molecule has 0 saturated carbocycles. The van der Waals surface area contributed by atoms with Crippen LogP contribution >= 0.6 is 11.4 Å². The highest BCUT2D eigenvalue weighted by Crippen LogP contribution is 2.48. The minimum Gasteiger partial charge on any atom is -0.375 e. The van der Waals surface area contributed by atoms with Crippen molar-refractivity contribution in [1.82, 2.24) is 5.31 Å². The van der Waals surface area contributed by atoms with Gasteiger partial charge >= 0.3 is 0 Å². The van der Waals surface area contributed by atoms with Gasteiger partial charge in [0.1, 0.15) is 1.41 Å². The highest BCUT2D eigenvalue weighted by Gasteiger charge is 2.48. The van der Waals surface area contributed by atoms with Crippen LogP contribution in [0.4, 0.5) is 0 Å². The van der Waals surface area contributed by atoms with Crippen LogP contribution in [0.1, 0.15) is 48.8 Å². The molecule has 84 valence electrons. The number of hydrogen-bond donors (Lipinski definition) is 1. The lowest BCUT2D eigenvalue weighted by atomic mass is 9.74. The van der Waals surface area contributed by atoms with Crippen molar-refractivity contribution in [2.24, 2.45) is 5.89 Å². The van der Waals surface area contributed by atoms with Crippen molar-refractivity contribution >= 4 is 11.4 Å². The maximum atomic E-state index is 9.02. The average Bonchev–Trinajstić information content (AvgIpc) is 2.66. The van der Waals surface area contributed by atoms with Gasteiger partial charge in [0.15, 0.2) is 0 Å². The quantitative estimate of drug-likeness (QED) is 0.668. The molecule has 0 bridgehead atoms. The van der Waals surface area contributed by atoms with Crippen LogP contribution in [-0.2, 0) is 4.74 Å². The van der Waals surface area contributed by atoms with E-state index >= 15 is 0 Å². The summed E-state index contributed by atoms with van der Waals surface area (Å²) in [6.45, 7) is -12.5. The molecule has 1 spiro atoms. The molecule has 3 aliphatic heterocycles. The normalized spacial score (nSPS) is 116. The van der Waals surface area contributed by atoms with E-state index < -0.39 is 84.2 Å². The first-order valence-corrected chi connectivity index (χ1v) is 4.75. The predicted molar refractivity (Wildman–Crippen MR) is 65.3 cm³/mol. The smallest absolute Gasteiger partial charge is 0.122 e. The van der Waals surface area contributed by atoms with Crippen molar-refractivity contribution in [3.8, 4) is 0 Å². The van der Waals surface area contributed by atoms with Crippen LogP contribution in [0.2, 0.25) is 1.41 Å². The molecule has 2 nitrogen and oxygen atoms in total. The summed E-state index contributed by atoms with van der Waals surface area (Å²) in [4.78, 5) is 0. The second-order valence-electron chi connectivity index (χ2n) is 2.75. The Morgan fingerprint density at radius 3 is 3.29 bits per heavy atom. The third-order valence-corrected chi connectivity index (χ3v) is 2.78. The molecular formula is C11H23NOS. The molecule has 0 radical (unpaired) electrons. The number of rotatable bonds is 0. The molecule has 3 aliphatic rings.